The lowest BCUT2D eigenvalue weighted by atomic mass is 10.1. The number of hydrogen-bond donors (Lipinski definition) is 2. The van der Waals surface area contributed by atoms with E-state index >= 15 is 0 Å². The van der Waals surface area contributed by atoms with Crippen LogP contribution in [0.4, 0.5) is 0 Å². The molecule has 2 aromatic rings. The fraction of sp³-hybridized carbons (Fsp3) is 0.167. The highest BCUT2D eigenvalue weighted by atomic mass is 79.9. The van der Waals surface area contributed by atoms with Crippen LogP contribution in [0.1, 0.15) is 16.5 Å². The van der Waals surface area contributed by atoms with Crippen LogP contribution in [0.2, 0.25) is 0 Å². The third-order valence-electron chi connectivity index (χ3n) is 2.47. The van der Waals surface area contributed by atoms with Crippen LogP contribution >= 0.6 is 43.2 Å². The van der Waals surface area contributed by atoms with Gasteiger partial charge in [0.15, 0.2) is 0 Å². The lowest BCUT2D eigenvalue weighted by molar-refractivity contribution is 0.560. The molecular formula is C12H12Br2N2S. The van der Waals surface area contributed by atoms with Gasteiger partial charge in [0, 0.05) is 9.35 Å². The van der Waals surface area contributed by atoms with Gasteiger partial charge in [0.05, 0.1) is 9.83 Å². The van der Waals surface area contributed by atoms with Crippen molar-refractivity contribution in [3.8, 4) is 0 Å². The Bertz CT molecular complexity index is 499. The molecule has 1 atom stereocenters. The van der Waals surface area contributed by atoms with E-state index in [2.05, 4.69) is 55.5 Å². The van der Waals surface area contributed by atoms with Gasteiger partial charge < -0.3 is 0 Å². The summed E-state index contributed by atoms with van der Waals surface area (Å²) in [6, 6.07) is 12.6. The monoisotopic (exact) mass is 374 g/mol. The van der Waals surface area contributed by atoms with Crippen LogP contribution in [0, 0.1) is 0 Å². The smallest absolute Gasteiger partial charge is 0.0702 e. The summed E-state index contributed by atoms with van der Waals surface area (Å²) < 4.78 is 2.22. The van der Waals surface area contributed by atoms with Crippen LogP contribution in [0.5, 0.6) is 0 Å². The Morgan fingerprint density at radius 1 is 1.24 bits per heavy atom. The SMILES string of the molecule is NNC(Cc1cccc(Br)c1)c1ccc(Br)s1. The molecule has 17 heavy (non-hydrogen) atoms. The van der Waals surface area contributed by atoms with E-state index in [1.807, 2.05) is 18.2 Å². The van der Waals surface area contributed by atoms with Gasteiger partial charge in [-0.15, -0.1) is 11.3 Å². The van der Waals surface area contributed by atoms with E-state index < -0.39 is 0 Å². The molecule has 0 saturated heterocycles. The number of hydrazine groups is 1. The van der Waals surface area contributed by atoms with E-state index in [4.69, 9.17) is 5.84 Å². The first-order valence-corrected chi connectivity index (χ1v) is 7.55. The van der Waals surface area contributed by atoms with Crippen LogP contribution in [0.3, 0.4) is 0 Å². The number of benzene rings is 1. The van der Waals surface area contributed by atoms with E-state index in [0.29, 0.717) is 0 Å². The van der Waals surface area contributed by atoms with Crippen LogP contribution in [-0.2, 0) is 6.42 Å². The Kier molecular flexibility index (Phi) is 4.76. The molecule has 0 aliphatic carbocycles. The molecule has 2 rings (SSSR count). The van der Waals surface area contributed by atoms with Crippen molar-refractivity contribution < 1.29 is 0 Å². The first kappa shape index (κ1) is 13.2. The van der Waals surface area contributed by atoms with Crippen molar-refractivity contribution in [3.05, 3.63) is 55.1 Å². The standard InChI is InChI=1S/C12H12Br2N2S/c13-9-3-1-2-8(6-9)7-10(16-15)11-4-5-12(14)17-11/h1-6,10,16H,7,15H2. The normalized spacial score (nSPS) is 12.6. The maximum atomic E-state index is 5.63. The molecule has 0 radical (unpaired) electrons. The van der Waals surface area contributed by atoms with Gasteiger partial charge in [-0.25, -0.2) is 0 Å². The molecule has 0 saturated carbocycles. The Labute approximate surface area is 121 Å². The fourth-order valence-electron chi connectivity index (χ4n) is 1.66. The second kappa shape index (κ2) is 6.11. The van der Waals surface area contributed by atoms with Crippen molar-refractivity contribution in [2.75, 3.05) is 0 Å². The Morgan fingerprint density at radius 3 is 2.65 bits per heavy atom. The number of nitrogens with one attached hydrogen (secondary N) is 1. The second-order valence-corrected chi connectivity index (χ2v) is 7.11. The van der Waals surface area contributed by atoms with Gasteiger partial charge in [-0.1, -0.05) is 28.1 Å². The van der Waals surface area contributed by atoms with Crippen LogP contribution in [-0.4, -0.2) is 0 Å². The summed E-state index contributed by atoms with van der Waals surface area (Å²) in [7, 11) is 0. The van der Waals surface area contributed by atoms with Crippen molar-refractivity contribution in [2.24, 2.45) is 5.84 Å². The van der Waals surface area contributed by atoms with Gasteiger partial charge >= 0.3 is 0 Å². The topological polar surface area (TPSA) is 38.0 Å². The largest absolute Gasteiger partial charge is 0.271 e. The summed E-state index contributed by atoms with van der Waals surface area (Å²) in [4.78, 5) is 1.24. The first-order chi connectivity index (χ1) is 8.19. The molecule has 0 spiro atoms. The van der Waals surface area contributed by atoms with Crippen molar-refractivity contribution in [3.63, 3.8) is 0 Å². The second-order valence-electron chi connectivity index (χ2n) is 3.70. The van der Waals surface area contributed by atoms with Crippen molar-refractivity contribution in [1.29, 1.82) is 0 Å². The number of nitrogens with two attached hydrogens (primary N) is 1. The molecule has 1 unspecified atom stereocenters. The van der Waals surface area contributed by atoms with E-state index in [1.54, 1.807) is 11.3 Å². The van der Waals surface area contributed by atoms with Crippen LogP contribution in [0.15, 0.2) is 44.7 Å². The Hall–Kier alpha value is -0.200. The summed E-state index contributed by atoms with van der Waals surface area (Å²) in [6.45, 7) is 0. The molecule has 1 aromatic heterocycles. The zero-order valence-electron chi connectivity index (χ0n) is 8.99. The molecule has 1 heterocycles. The van der Waals surface area contributed by atoms with Gasteiger partial charge in [-0.3, -0.25) is 11.3 Å². The maximum absolute atomic E-state index is 5.63. The predicted octanol–water partition coefficient (Wildman–Crippen LogP) is 4.02. The average Bonchev–Trinajstić information content (AvgIpc) is 2.73. The van der Waals surface area contributed by atoms with Crippen molar-refractivity contribution in [1.82, 2.24) is 5.43 Å². The summed E-state index contributed by atoms with van der Waals surface area (Å²) in [5.41, 5.74) is 4.13. The number of thiophene rings is 1. The van der Waals surface area contributed by atoms with Gasteiger partial charge in [0.2, 0.25) is 0 Å². The molecule has 5 heteroatoms. The number of rotatable bonds is 4. The Morgan fingerprint density at radius 2 is 2.06 bits per heavy atom. The summed E-state index contributed by atoms with van der Waals surface area (Å²) in [5, 5.41) is 0. The van der Waals surface area contributed by atoms with Crippen molar-refractivity contribution in [2.45, 2.75) is 12.5 Å². The molecular weight excluding hydrogens is 364 g/mol. The zero-order valence-corrected chi connectivity index (χ0v) is 13.0. The lowest BCUT2D eigenvalue weighted by Crippen LogP contribution is -2.28. The predicted molar refractivity (Wildman–Crippen MR) is 79.9 cm³/mol. The maximum Gasteiger partial charge on any atom is 0.0702 e. The molecule has 0 amide bonds. The van der Waals surface area contributed by atoms with E-state index in [0.717, 1.165) is 14.7 Å². The van der Waals surface area contributed by atoms with Gasteiger partial charge in [-0.2, -0.15) is 0 Å². The highest BCUT2D eigenvalue weighted by Gasteiger charge is 2.12. The van der Waals surface area contributed by atoms with E-state index in [1.165, 1.54) is 10.4 Å². The molecule has 0 aliphatic heterocycles. The van der Waals surface area contributed by atoms with E-state index in [9.17, 15) is 0 Å². The highest BCUT2D eigenvalue weighted by molar-refractivity contribution is 9.11. The zero-order chi connectivity index (χ0) is 12.3. The number of halogens is 2. The Balaban J connectivity index is 2.15. The van der Waals surface area contributed by atoms with Crippen LogP contribution in [0.25, 0.3) is 0 Å². The summed E-state index contributed by atoms with van der Waals surface area (Å²) >= 11 is 8.65. The van der Waals surface area contributed by atoms with Gasteiger partial charge in [0.1, 0.15) is 0 Å². The minimum absolute atomic E-state index is 0.153. The quantitative estimate of drug-likeness (QED) is 0.625. The number of hydrogen-bond acceptors (Lipinski definition) is 3. The third kappa shape index (κ3) is 3.63. The van der Waals surface area contributed by atoms with Crippen molar-refractivity contribution >= 4 is 43.2 Å². The molecule has 3 N–H and O–H groups in total. The van der Waals surface area contributed by atoms with E-state index in [-0.39, 0.29) is 6.04 Å². The van der Waals surface area contributed by atoms with Gasteiger partial charge in [-0.05, 0) is 52.2 Å². The first-order valence-electron chi connectivity index (χ1n) is 5.15. The third-order valence-corrected chi connectivity index (χ3v) is 4.70. The lowest BCUT2D eigenvalue weighted by Gasteiger charge is -2.14. The average molecular weight is 376 g/mol. The summed E-state index contributed by atoms with van der Waals surface area (Å²) in [6.07, 6.45) is 0.878. The molecule has 0 fully saturated rings. The minimum Gasteiger partial charge on any atom is -0.271 e. The molecule has 2 nitrogen and oxygen atoms in total. The molecule has 0 aliphatic rings. The highest BCUT2D eigenvalue weighted by Crippen LogP contribution is 2.29. The van der Waals surface area contributed by atoms with Gasteiger partial charge in [0.25, 0.3) is 0 Å². The fourth-order valence-corrected chi connectivity index (χ4v) is 3.59. The molecule has 0 bridgehead atoms. The van der Waals surface area contributed by atoms with Crippen LogP contribution < -0.4 is 11.3 Å². The summed E-state index contributed by atoms with van der Waals surface area (Å²) in [5.74, 6) is 5.63. The molecule has 90 valence electrons. The molecule has 1 aromatic carbocycles. The minimum atomic E-state index is 0.153.